The SMILES string of the molecule is Cc1nc(F)ccc1-c1cccnc1. The third-order valence-electron chi connectivity index (χ3n) is 2.02. The Labute approximate surface area is 81.5 Å². The average Bonchev–Trinajstić information content (AvgIpc) is 2.19. The van der Waals surface area contributed by atoms with Crippen LogP contribution in [0.1, 0.15) is 5.69 Å². The minimum Gasteiger partial charge on any atom is -0.264 e. The second-order valence-corrected chi connectivity index (χ2v) is 3.01. The molecule has 2 aromatic rings. The third kappa shape index (κ3) is 1.62. The van der Waals surface area contributed by atoms with Gasteiger partial charge in [0.1, 0.15) is 0 Å². The molecule has 0 spiro atoms. The van der Waals surface area contributed by atoms with Gasteiger partial charge in [0, 0.05) is 29.2 Å². The quantitative estimate of drug-likeness (QED) is 0.643. The lowest BCUT2D eigenvalue weighted by molar-refractivity contribution is 0.580. The number of halogens is 1. The summed E-state index contributed by atoms with van der Waals surface area (Å²) >= 11 is 0. The van der Waals surface area contributed by atoms with Gasteiger partial charge in [-0.05, 0) is 25.1 Å². The number of hydrogen-bond donors (Lipinski definition) is 0. The Kier molecular flexibility index (Phi) is 2.23. The molecule has 0 aliphatic carbocycles. The fourth-order valence-electron chi connectivity index (χ4n) is 1.36. The molecular weight excluding hydrogens is 179 g/mol. The van der Waals surface area contributed by atoms with Gasteiger partial charge in [-0.2, -0.15) is 4.39 Å². The van der Waals surface area contributed by atoms with Crippen LogP contribution < -0.4 is 0 Å². The van der Waals surface area contributed by atoms with Gasteiger partial charge in [0.2, 0.25) is 5.95 Å². The summed E-state index contributed by atoms with van der Waals surface area (Å²) in [6.07, 6.45) is 3.44. The van der Waals surface area contributed by atoms with Gasteiger partial charge in [-0.15, -0.1) is 0 Å². The maximum Gasteiger partial charge on any atom is 0.213 e. The van der Waals surface area contributed by atoms with E-state index in [4.69, 9.17) is 0 Å². The highest BCUT2D eigenvalue weighted by molar-refractivity contribution is 5.64. The summed E-state index contributed by atoms with van der Waals surface area (Å²) in [7, 11) is 0. The van der Waals surface area contributed by atoms with Gasteiger partial charge in [-0.1, -0.05) is 6.07 Å². The van der Waals surface area contributed by atoms with Crippen LogP contribution in [0.25, 0.3) is 11.1 Å². The Hall–Kier alpha value is -1.77. The molecule has 70 valence electrons. The standard InChI is InChI=1S/C11H9FN2/c1-8-10(4-5-11(12)14-8)9-3-2-6-13-7-9/h2-7H,1H3. The zero-order valence-electron chi connectivity index (χ0n) is 7.74. The average molecular weight is 188 g/mol. The number of aryl methyl sites for hydroxylation is 1. The van der Waals surface area contributed by atoms with Crippen LogP contribution in [0.2, 0.25) is 0 Å². The van der Waals surface area contributed by atoms with Crippen molar-refractivity contribution in [2.45, 2.75) is 6.92 Å². The molecule has 0 N–H and O–H groups in total. The summed E-state index contributed by atoms with van der Waals surface area (Å²) < 4.78 is 12.7. The second-order valence-electron chi connectivity index (χ2n) is 3.01. The Morgan fingerprint density at radius 2 is 2.07 bits per heavy atom. The van der Waals surface area contributed by atoms with Gasteiger partial charge in [-0.3, -0.25) is 4.98 Å². The van der Waals surface area contributed by atoms with Crippen molar-refractivity contribution in [3.63, 3.8) is 0 Å². The van der Waals surface area contributed by atoms with Crippen LogP contribution in [-0.2, 0) is 0 Å². The van der Waals surface area contributed by atoms with E-state index in [1.807, 2.05) is 12.1 Å². The minimum absolute atomic E-state index is 0.449. The Balaban J connectivity index is 2.53. The molecular formula is C11H9FN2. The summed E-state index contributed by atoms with van der Waals surface area (Å²) in [4.78, 5) is 7.76. The van der Waals surface area contributed by atoms with E-state index in [0.717, 1.165) is 11.1 Å². The van der Waals surface area contributed by atoms with Gasteiger partial charge in [0.15, 0.2) is 0 Å². The topological polar surface area (TPSA) is 25.8 Å². The first-order valence-corrected chi connectivity index (χ1v) is 4.31. The van der Waals surface area contributed by atoms with Crippen molar-refractivity contribution < 1.29 is 4.39 Å². The fraction of sp³-hybridized carbons (Fsp3) is 0.0909. The predicted molar refractivity (Wildman–Crippen MR) is 52.2 cm³/mol. The van der Waals surface area contributed by atoms with Crippen LogP contribution in [0.4, 0.5) is 4.39 Å². The number of nitrogens with zero attached hydrogens (tertiary/aromatic N) is 2. The van der Waals surface area contributed by atoms with Crippen molar-refractivity contribution in [3.05, 3.63) is 48.3 Å². The van der Waals surface area contributed by atoms with Crippen molar-refractivity contribution >= 4 is 0 Å². The van der Waals surface area contributed by atoms with Crippen LogP contribution >= 0.6 is 0 Å². The number of rotatable bonds is 1. The fourth-order valence-corrected chi connectivity index (χ4v) is 1.36. The molecule has 0 radical (unpaired) electrons. The summed E-state index contributed by atoms with van der Waals surface area (Å²) in [6.45, 7) is 1.78. The second kappa shape index (κ2) is 3.54. The number of aromatic nitrogens is 2. The lowest BCUT2D eigenvalue weighted by atomic mass is 10.1. The summed E-state index contributed by atoms with van der Waals surface area (Å²) in [6, 6.07) is 6.84. The first-order valence-electron chi connectivity index (χ1n) is 4.31. The molecule has 2 rings (SSSR count). The van der Waals surface area contributed by atoms with Crippen LogP contribution in [0.3, 0.4) is 0 Å². The van der Waals surface area contributed by atoms with Crippen molar-refractivity contribution in [1.29, 1.82) is 0 Å². The zero-order valence-corrected chi connectivity index (χ0v) is 7.74. The molecule has 0 saturated carbocycles. The lowest BCUT2D eigenvalue weighted by Gasteiger charge is -2.03. The molecule has 0 fully saturated rings. The molecule has 2 aromatic heterocycles. The van der Waals surface area contributed by atoms with Crippen molar-refractivity contribution in [2.24, 2.45) is 0 Å². The molecule has 0 amide bonds. The van der Waals surface area contributed by atoms with E-state index >= 15 is 0 Å². The molecule has 0 saturated heterocycles. The zero-order chi connectivity index (χ0) is 9.97. The van der Waals surface area contributed by atoms with Crippen LogP contribution in [0, 0.1) is 12.9 Å². The maximum atomic E-state index is 12.7. The largest absolute Gasteiger partial charge is 0.264 e. The molecule has 0 aliphatic heterocycles. The molecule has 2 nitrogen and oxygen atoms in total. The monoisotopic (exact) mass is 188 g/mol. The normalized spacial score (nSPS) is 10.1. The van der Waals surface area contributed by atoms with Crippen LogP contribution in [0.5, 0.6) is 0 Å². The van der Waals surface area contributed by atoms with Crippen molar-refractivity contribution in [1.82, 2.24) is 9.97 Å². The highest BCUT2D eigenvalue weighted by Gasteiger charge is 2.03. The van der Waals surface area contributed by atoms with E-state index in [1.54, 1.807) is 25.4 Å². The van der Waals surface area contributed by atoms with Crippen molar-refractivity contribution in [2.75, 3.05) is 0 Å². The smallest absolute Gasteiger partial charge is 0.213 e. The Morgan fingerprint density at radius 1 is 1.21 bits per heavy atom. The Bertz CT molecular complexity index is 440. The van der Waals surface area contributed by atoms with E-state index in [1.165, 1.54) is 6.07 Å². The van der Waals surface area contributed by atoms with Crippen LogP contribution in [-0.4, -0.2) is 9.97 Å². The first-order chi connectivity index (χ1) is 6.77. The summed E-state index contributed by atoms with van der Waals surface area (Å²) in [5, 5.41) is 0. The first kappa shape index (κ1) is 8.81. The van der Waals surface area contributed by atoms with E-state index < -0.39 is 5.95 Å². The Morgan fingerprint density at radius 3 is 2.71 bits per heavy atom. The van der Waals surface area contributed by atoms with Gasteiger partial charge < -0.3 is 0 Å². The van der Waals surface area contributed by atoms with E-state index in [9.17, 15) is 4.39 Å². The summed E-state index contributed by atoms with van der Waals surface area (Å²) in [5.41, 5.74) is 2.55. The summed E-state index contributed by atoms with van der Waals surface area (Å²) in [5.74, 6) is -0.449. The number of hydrogen-bond acceptors (Lipinski definition) is 2. The molecule has 0 unspecified atom stereocenters. The number of pyridine rings is 2. The molecule has 0 aromatic carbocycles. The maximum absolute atomic E-state index is 12.7. The van der Waals surface area contributed by atoms with Gasteiger partial charge in [-0.25, -0.2) is 4.98 Å². The highest BCUT2D eigenvalue weighted by Crippen LogP contribution is 2.20. The van der Waals surface area contributed by atoms with Crippen molar-refractivity contribution in [3.8, 4) is 11.1 Å². The molecule has 14 heavy (non-hydrogen) atoms. The molecule has 0 bridgehead atoms. The third-order valence-corrected chi connectivity index (χ3v) is 2.02. The van der Waals surface area contributed by atoms with Crippen LogP contribution in [0.15, 0.2) is 36.7 Å². The predicted octanol–water partition coefficient (Wildman–Crippen LogP) is 2.59. The molecule has 0 aliphatic rings. The lowest BCUT2D eigenvalue weighted by Crippen LogP contribution is -1.90. The van der Waals surface area contributed by atoms with Gasteiger partial charge in [0.05, 0.1) is 0 Å². The molecule has 3 heteroatoms. The van der Waals surface area contributed by atoms with E-state index in [2.05, 4.69) is 9.97 Å². The van der Waals surface area contributed by atoms with Gasteiger partial charge >= 0.3 is 0 Å². The minimum atomic E-state index is -0.449. The van der Waals surface area contributed by atoms with E-state index in [-0.39, 0.29) is 0 Å². The van der Waals surface area contributed by atoms with E-state index in [0.29, 0.717) is 5.69 Å². The highest BCUT2D eigenvalue weighted by atomic mass is 19.1. The molecule has 0 atom stereocenters. The van der Waals surface area contributed by atoms with Gasteiger partial charge in [0.25, 0.3) is 0 Å². The molecule has 2 heterocycles.